The minimum absolute atomic E-state index is 0.483. The normalized spacial score (nSPS) is 15.2. The molecule has 0 spiro atoms. The fraction of sp³-hybridized carbons (Fsp3) is 0.222. The van der Waals surface area contributed by atoms with E-state index in [1.807, 2.05) is 31.0 Å². The number of rotatable bonds is 4. The Morgan fingerprint density at radius 1 is 1.35 bits per heavy atom. The van der Waals surface area contributed by atoms with Crippen molar-refractivity contribution in [2.45, 2.75) is 13.3 Å². The molecule has 1 aliphatic rings. The van der Waals surface area contributed by atoms with Crippen molar-refractivity contribution in [1.82, 2.24) is 4.90 Å². The van der Waals surface area contributed by atoms with E-state index >= 15 is 0 Å². The lowest BCUT2D eigenvalue weighted by atomic mass is 10.1. The Bertz CT molecular complexity index is 714. The average molecular weight is 327 g/mol. The predicted molar refractivity (Wildman–Crippen MR) is 101 cm³/mol. The SMILES string of the molecule is C=C(OC(Cc1ccc(P)cc1)=NC)C1=C(C)C(=C)N(C)C=N1. The van der Waals surface area contributed by atoms with Gasteiger partial charge in [-0.25, -0.2) is 4.99 Å². The molecule has 120 valence electrons. The number of allylic oxidation sites excluding steroid dienone is 1. The molecule has 1 aromatic rings. The first-order valence-electron chi connectivity index (χ1n) is 7.26. The van der Waals surface area contributed by atoms with Gasteiger partial charge in [0.25, 0.3) is 0 Å². The van der Waals surface area contributed by atoms with Gasteiger partial charge in [-0.3, -0.25) is 4.99 Å². The second-order valence-corrected chi connectivity index (χ2v) is 6.00. The minimum atomic E-state index is 0.483. The van der Waals surface area contributed by atoms with Crippen LogP contribution in [0.5, 0.6) is 0 Å². The van der Waals surface area contributed by atoms with Gasteiger partial charge in [-0.15, -0.1) is 9.24 Å². The first kappa shape index (κ1) is 17.2. The molecule has 0 amide bonds. The fourth-order valence-electron chi connectivity index (χ4n) is 2.15. The fourth-order valence-corrected chi connectivity index (χ4v) is 2.35. The minimum Gasteiger partial charge on any atom is -0.441 e. The van der Waals surface area contributed by atoms with Crippen LogP contribution >= 0.6 is 9.24 Å². The van der Waals surface area contributed by atoms with E-state index in [1.54, 1.807) is 13.4 Å². The number of benzene rings is 1. The molecular formula is C18H22N3OP. The van der Waals surface area contributed by atoms with E-state index in [9.17, 15) is 0 Å². The van der Waals surface area contributed by atoms with Crippen molar-refractivity contribution < 1.29 is 4.74 Å². The van der Waals surface area contributed by atoms with Gasteiger partial charge in [-0.1, -0.05) is 37.4 Å². The molecule has 1 heterocycles. The molecule has 1 aliphatic heterocycles. The summed E-state index contributed by atoms with van der Waals surface area (Å²) in [7, 11) is 6.29. The standard InChI is InChI=1S/C18H22N3OP/c1-12-13(2)21(5)11-20-18(12)14(3)22-17(19-4)10-15-6-8-16(23)9-7-15/h6-9,11H,2-3,10,23H2,1,4-5H3. The molecule has 1 atom stereocenters. The third-order valence-corrected chi connectivity index (χ3v) is 4.05. The van der Waals surface area contributed by atoms with Gasteiger partial charge in [-0.2, -0.15) is 0 Å². The molecule has 0 radical (unpaired) electrons. The maximum atomic E-state index is 5.85. The van der Waals surface area contributed by atoms with Crippen LogP contribution in [0.1, 0.15) is 12.5 Å². The lowest BCUT2D eigenvalue weighted by Gasteiger charge is -2.24. The highest BCUT2D eigenvalue weighted by molar-refractivity contribution is 7.27. The van der Waals surface area contributed by atoms with E-state index in [4.69, 9.17) is 4.74 Å². The number of hydrogen-bond acceptors (Lipinski definition) is 4. The monoisotopic (exact) mass is 327 g/mol. The zero-order valence-electron chi connectivity index (χ0n) is 13.8. The summed E-state index contributed by atoms with van der Waals surface area (Å²) in [6, 6.07) is 8.19. The topological polar surface area (TPSA) is 37.2 Å². The Balaban J connectivity index is 2.10. The highest BCUT2D eigenvalue weighted by atomic mass is 31.0. The lowest BCUT2D eigenvalue weighted by Crippen LogP contribution is -2.21. The molecule has 0 bridgehead atoms. The van der Waals surface area contributed by atoms with Crippen molar-refractivity contribution in [3.8, 4) is 0 Å². The summed E-state index contributed by atoms with van der Waals surface area (Å²) in [6.07, 6.45) is 2.32. The van der Waals surface area contributed by atoms with Crippen molar-refractivity contribution in [2.24, 2.45) is 9.98 Å². The average Bonchev–Trinajstić information content (AvgIpc) is 2.54. The summed E-state index contributed by atoms with van der Waals surface area (Å²) < 4.78 is 5.85. The van der Waals surface area contributed by atoms with Gasteiger partial charge in [0.15, 0.2) is 5.90 Å². The van der Waals surface area contributed by atoms with E-state index < -0.39 is 0 Å². The van der Waals surface area contributed by atoms with Crippen LogP contribution in [0.4, 0.5) is 0 Å². The molecule has 0 saturated heterocycles. The summed E-state index contributed by atoms with van der Waals surface area (Å²) in [5.74, 6) is 1.09. The van der Waals surface area contributed by atoms with Gasteiger partial charge in [0.05, 0.1) is 6.34 Å². The number of aliphatic imine (C=N–C) groups is 2. The lowest BCUT2D eigenvalue weighted by molar-refractivity contribution is 0.414. The first-order valence-corrected chi connectivity index (χ1v) is 7.84. The smallest absolute Gasteiger partial charge is 0.194 e. The molecular weight excluding hydrogens is 305 g/mol. The Morgan fingerprint density at radius 3 is 2.61 bits per heavy atom. The molecule has 1 unspecified atom stereocenters. The first-order chi connectivity index (χ1) is 10.9. The van der Waals surface area contributed by atoms with E-state index in [1.165, 1.54) is 0 Å². The maximum absolute atomic E-state index is 5.85. The van der Waals surface area contributed by atoms with Crippen LogP contribution < -0.4 is 5.30 Å². The summed E-state index contributed by atoms with van der Waals surface area (Å²) in [5, 5.41) is 1.15. The molecule has 0 aliphatic carbocycles. The van der Waals surface area contributed by atoms with Crippen LogP contribution in [0, 0.1) is 0 Å². The number of hydrogen-bond donors (Lipinski definition) is 0. The molecule has 1 aromatic carbocycles. The Morgan fingerprint density at radius 2 is 2.00 bits per heavy atom. The largest absolute Gasteiger partial charge is 0.441 e. The van der Waals surface area contributed by atoms with E-state index in [-0.39, 0.29) is 0 Å². The molecule has 0 aromatic heterocycles. The van der Waals surface area contributed by atoms with Gasteiger partial charge in [-0.05, 0) is 17.8 Å². The van der Waals surface area contributed by atoms with Crippen LogP contribution in [0.2, 0.25) is 0 Å². The molecule has 4 nitrogen and oxygen atoms in total. The van der Waals surface area contributed by atoms with Gasteiger partial charge in [0.2, 0.25) is 0 Å². The van der Waals surface area contributed by atoms with Gasteiger partial charge < -0.3 is 9.64 Å². The summed E-state index contributed by atoms with van der Waals surface area (Å²) >= 11 is 0. The number of likely N-dealkylation sites (N-methyl/N-ethyl adjacent to an activating group) is 1. The molecule has 2 rings (SSSR count). The zero-order valence-corrected chi connectivity index (χ0v) is 15.0. The Labute approximate surface area is 140 Å². The van der Waals surface area contributed by atoms with Crippen LogP contribution in [0.25, 0.3) is 0 Å². The van der Waals surface area contributed by atoms with Crippen molar-refractivity contribution >= 4 is 26.8 Å². The maximum Gasteiger partial charge on any atom is 0.194 e. The summed E-state index contributed by atoms with van der Waals surface area (Å²) in [4.78, 5) is 10.5. The number of nitrogens with zero attached hydrogens (tertiary/aromatic N) is 3. The molecule has 23 heavy (non-hydrogen) atoms. The van der Waals surface area contributed by atoms with E-state index in [2.05, 4.69) is 44.5 Å². The zero-order chi connectivity index (χ0) is 17.0. The third kappa shape index (κ3) is 4.17. The van der Waals surface area contributed by atoms with Gasteiger partial charge >= 0.3 is 0 Å². The van der Waals surface area contributed by atoms with Crippen LogP contribution in [-0.2, 0) is 11.2 Å². The van der Waals surface area contributed by atoms with Crippen molar-refractivity contribution in [2.75, 3.05) is 14.1 Å². The Hall–Kier alpha value is -2.19. The van der Waals surface area contributed by atoms with Crippen molar-refractivity contribution in [3.05, 3.63) is 65.7 Å². The van der Waals surface area contributed by atoms with Crippen LogP contribution in [-0.4, -0.2) is 31.2 Å². The molecule has 5 heteroatoms. The second-order valence-electron chi connectivity index (χ2n) is 5.34. The van der Waals surface area contributed by atoms with Crippen molar-refractivity contribution in [1.29, 1.82) is 0 Å². The summed E-state index contributed by atoms with van der Waals surface area (Å²) in [6.45, 7) is 9.98. The molecule has 0 fully saturated rings. The van der Waals surface area contributed by atoms with Gasteiger partial charge in [0, 0.05) is 31.8 Å². The number of ether oxygens (including phenoxy) is 1. The highest BCUT2D eigenvalue weighted by Crippen LogP contribution is 2.25. The quantitative estimate of drug-likeness (QED) is 0.369. The second kappa shape index (κ2) is 7.38. The van der Waals surface area contributed by atoms with E-state index in [0.29, 0.717) is 23.8 Å². The van der Waals surface area contributed by atoms with Gasteiger partial charge in [0.1, 0.15) is 11.5 Å². The van der Waals surface area contributed by atoms with Crippen LogP contribution in [0.15, 0.2) is 70.1 Å². The van der Waals surface area contributed by atoms with Crippen molar-refractivity contribution in [3.63, 3.8) is 0 Å². The third-order valence-electron chi connectivity index (χ3n) is 3.66. The van der Waals surface area contributed by atoms with Crippen LogP contribution in [0.3, 0.4) is 0 Å². The predicted octanol–water partition coefficient (Wildman–Crippen LogP) is 3.05. The summed E-state index contributed by atoms with van der Waals surface area (Å²) in [5.41, 5.74) is 3.66. The molecule has 0 N–H and O–H groups in total. The van der Waals surface area contributed by atoms with E-state index in [0.717, 1.165) is 22.1 Å². The molecule has 0 saturated carbocycles. The Kier molecular flexibility index (Phi) is 5.51. The highest BCUT2D eigenvalue weighted by Gasteiger charge is 2.17.